The molecule has 0 N–H and O–H groups in total. The molecule has 28 heavy (non-hydrogen) atoms. The van der Waals surface area contributed by atoms with Gasteiger partial charge < -0.3 is 18.6 Å². The van der Waals surface area contributed by atoms with E-state index in [1.54, 1.807) is 18.9 Å². The summed E-state index contributed by atoms with van der Waals surface area (Å²) in [5, 5.41) is 0. The minimum absolute atomic E-state index is 0.320. The van der Waals surface area contributed by atoms with Crippen molar-refractivity contribution in [3.63, 3.8) is 0 Å². The molecule has 8 heteroatoms. The van der Waals surface area contributed by atoms with Crippen LogP contribution in [0.2, 0.25) is 0 Å². The van der Waals surface area contributed by atoms with Crippen molar-refractivity contribution in [2.45, 2.75) is 65.5 Å². The average Bonchev–Trinajstić information content (AvgIpc) is 3.37. The molecule has 2 aromatic heterocycles. The molecule has 0 aliphatic rings. The lowest BCUT2D eigenvalue weighted by Crippen LogP contribution is -2.09. The van der Waals surface area contributed by atoms with Gasteiger partial charge in [-0.25, -0.2) is 19.6 Å². The van der Waals surface area contributed by atoms with Crippen molar-refractivity contribution >= 4 is 11.9 Å². The molecule has 0 aromatic carbocycles. The van der Waals surface area contributed by atoms with Crippen molar-refractivity contribution < 1.29 is 19.1 Å². The number of nitrogens with zero attached hydrogens (tertiary/aromatic N) is 4. The zero-order valence-electron chi connectivity index (χ0n) is 17.4. The van der Waals surface area contributed by atoms with Gasteiger partial charge in [0.05, 0.1) is 33.1 Å². The predicted molar refractivity (Wildman–Crippen MR) is 106 cm³/mol. The van der Waals surface area contributed by atoms with Gasteiger partial charge >= 0.3 is 11.9 Å². The molecular weight excluding hydrogens is 360 g/mol. The van der Waals surface area contributed by atoms with E-state index < -0.39 is 0 Å². The molecule has 0 bridgehead atoms. The van der Waals surface area contributed by atoms with E-state index in [-0.39, 0.29) is 11.9 Å². The summed E-state index contributed by atoms with van der Waals surface area (Å²) in [6.45, 7) is 6.05. The van der Waals surface area contributed by atoms with Gasteiger partial charge in [-0.3, -0.25) is 0 Å². The van der Waals surface area contributed by atoms with Crippen molar-refractivity contribution in [1.82, 2.24) is 19.1 Å². The minimum Gasteiger partial charge on any atom is -0.464 e. The second-order valence-electron chi connectivity index (χ2n) is 6.37. The fourth-order valence-corrected chi connectivity index (χ4v) is 2.54. The van der Waals surface area contributed by atoms with Gasteiger partial charge in [0.2, 0.25) is 0 Å². The van der Waals surface area contributed by atoms with Crippen LogP contribution in [0.4, 0.5) is 0 Å². The first-order valence-electron chi connectivity index (χ1n) is 9.75. The summed E-state index contributed by atoms with van der Waals surface area (Å²) in [7, 11) is 2.74. The number of ether oxygens (including phenoxy) is 2. The van der Waals surface area contributed by atoms with Crippen LogP contribution in [0, 0.1) is 0 Å². The van der Waals surface area contributed by atoms with Crippen LogP contribution >= 0.6 is 0 Å². The number of hydrogen-bond donors (Lipinski definition) is 0. The summed E-state index contributed by atoms with van der Waals surface area (Å²) < 4.78 is 13.0. The van der Waals surface area contributed by atoms with E-state index in [4.69, 9.17) is 0 Å². The van der Waals surface area contributed by atoms with E-state index in [0.717, 1.165) is 25.9 Å². The second kappa shape index (κ2) is 13.5. The quantitative estimate of drug-likeness (QED) is 0.452. The number of carbonyl (C=O) groups excluding carboxylic acids is 2. The van der Waals surface area contributed by atoms with Gasteiger partial charge in [-0.2, -0.15) is 0 Å². The van der Waals surface area contributed by atoms with Gasteiger partial charge in [-0.15, -0.1) is 0 Å². The van der Waals surface area contributed by atoms with Crippen LogP contribution in [0.5, 0.6) is 0 Å². The SMILES string of the molecule is CCCCCn1cnc(C(=O)OC)c1.CCCCCn1cncc1C(=O)OC. The number of hydrogen-bond acceptors (Lipinski definition) is 6. The lowest BCUT2D eigenvalue weighted by molar-refractivity contribution is 0.0582. The first-order valence-corrected chi connectivity index (χ1v) is 9.75. The molecule has 0 spiro atoms. The maximum Gasteiger partial charge on any atom is 0.358 e. The molecule has 8 nitrogen and oxygen atoms in total. The summed E-state index contributed by atoms with van der Waals surface area (Å²) in [5.74, 6) is -0.696. The van der Waals surface area contributed by atoms with Crippen LogP contribution in [-0.4, -0.2) is 45.3 Å². The lowest BCUT2D eigenvalue weighted by Gasteiger charge is -2.05. The zero-order chi connectivity index (χ0) is 20.8. The van der Waals surface area contributed by atoms with Crippen molar-refractivity contribution in [2.75, 3.05) is 14.2 Å². The maximum atomic E-state index is 11.2. The number of aromatic nitrogens is 4. The van der Waals surface area contributed by atoms with Gasteiger partial charge in [-0.05, 0) is 12.8 Å². The largest absolute Gasteiger partial charge is 0.464 e. The number of methoxy groups -OCH3 is 2. The first-order chi connectivity index (χ1) is 13.6. The van der Waals surface area contributed by atoms with E-state index in [1.807, 2.05) is 9.13 Å². The number of unbranched alkanes of at least 4 members (excludes halogenated alkanes) is 4. The Kier molecular flexibility index (Phi) is 11.3. The number of aryl methyl sites for hydroxylation is 2. The molecule has 2 aromatic rings. The molecule has 0 unspecified atom stereocenters. The maximum absolute atomic E-state index is 11.2. The highest BCUT2D eigenvalue weighted by Crippen LogP contribution is 2.05. The standard InChI is InChI=1S/2C10H16N2O2/c1-3-4-5-6-12-7-9(11-8-12)10(13)14-2;1-3-4-5-6-12-8-11-7-9(12)10(13)14-2/h2*7-8H,3-6H2,1-2H3. The van der Waals surface area contributed by atoms with Gasteiger partial charge in [0.1, 0.15) is 5.69 Å². The third-order valence-corrected chi connectivity index (χ3v) is 4.16. The Labute approximate surface area is 166 Å². The van der Waals surface area contributed by atoms with Gasteiger partial charge in [0.25, 0.3) is 0 Å². The smallest absolute Gasteiger partial charge is 0.358 e. The van der Waals surface area contributed by atoms with Crippen LogP contribution in [0.25, 0.3) is 0 Å². The fourth-order valence-electron chi connectivity index (χ4n) is 2.54. The normalized spacial score (nSPS) is 10.1. The van der Waals surface area contributed by atoms with E-state index >= 15 is 0 Å². The van der Waals surface area contributed by atoms with Gasteiger partial charge in [-0.1, -0.05) is 39.5 Å². The highest BCUT2D eigenvalue weighted by Gasteiger charge is 2.11. The molecule has 0 saturated heterocycles. The summed E-state index contributed by atoms with van der Waals surface area (Å²) >= 11 is 0. The summed E-state index contributed by atoms with van der Waals surface area (Å²) in [6, 6.07) is 0. The van der Waals surface area contributed by atoms with Crippen molar-refractivity contribution in [1.29, 1.82) is 0 Å². The van der Waals surface area contributed by atoms with Crippen LogP contribution in [0.1, 0.15) is 73.3 Å². The minimum atomic E-state index is -0.376. The molecule has 0 saturated carbocycles. The number of carbonyl (C=O) groups is 2. The molecule has 2 heterocycles. The Morgan fingerprint density at radius 3 is 2.18 bits per heavy atom. The monoisotopic (exact) mass is 392 g/mol. The average molecular weight is 393 g/mol. The van der Waals surface area contributed by atoms with E-state index in [0.29, 0.717) is 11.4 Å². The van der Waals surface area contributed by atoms with Gasteiger partial charge in [0.15, 0.2) is 5.69 Å². The summed E-state index contributed by atoms with van der Waals surface area (Å²) in [5.41, 5.74) is 0.910. The number of imidazole rings is 2. The number of rotatable bonds is 10. The molecule has 0 fully saturated rings. The Bertz CT molecular complexity index is 709. The molecule has 0 radical (unpaired) electrons. The third kappa shape index (κ3) is 7.94. The third-order valence-electron chi connectivity index (χ3n) is 4.16. The van der Waals surface area contributed by atoms with Crippen LogP contribution < -0.4 is 0 Å². The first kappa shape index (κ1) is 23.4. The van der Waals surface area contributed by atoms with Gasteiger partial charge in [0, 0.05) is 19.3 Å². The van der Waals surface area contributed by atoms with E-state index in [1.165, 1.54) is 46.1 Å². The van der Waals surface area contributed by atoms with E-state index in [2.05, 4.69) is 33.3 Å². The fraction of sp³-hybridized carbons (Fsp3) is 0.600. The van der Waals surface area contributed by atoms with Crippen molar-refractivity contribution in [2.24, 2.45) is 0 Å². The highest BCUT2D eigenvalue weighted by molar-refractivity contribution is 5.87. The molecule has 0 aliphatic heterocycles. The molecular formula is C20H32N4O4. The van der Waals surface area contributed by atoms with E-state index in [9.17, 15) is 9.59 Å². The molecule has 2 rings (SSSR count). The zero-order valence-corrected chi connectivity index (χ0v) is 17.4. The molecule has 156 valence electrons. The Morgan fingerprint density at radius 1 is 0.929 bits per heavy atom. The Balaban J connectivity index is 0.000000280. The number of esters is 2. The lowest BCUT2D eigenvalue weighted by atomic mass is 10.2. The molecule has 0 atom stereocenters. The van der Waals surface area contributed by atoms with Crippen LogP contribution in [0.15, 0.2) is 25.0 Å². The highest BCUT2D eigenvalue weighted by atomic mass is 16.5. The molecule has 0 amide bonds. The Hall–Kier alpha value is -2.64. The molecule has 0 aliphatic carbocycles. The Morgan fingerprint density at radius 2 is 1.57 bits per heavy atom. The van der Waals surface area contributed by atoms with Crippen LogP contribution in [0.3, 0.4) is 0 Å². The van der Waals surface area contributed by atoms with Crippen molar-refractivity contribution in [3.8, 4) is 0 Å². The topological polar surface area (TPSA) is 88.2 Å². The summed E-state index contributed by atoms with van der Waals surface area (Å²) in [6.07, 6.45) is 13.5. The van der Waals surface area contributed by atoms with Crippen LogP contribution in [-0.2, 0) is 22.6 Å². The second-order valence-corrected chi connectivity index (χ2v) is 6.37. The van der Waals surface area contributed by atoms with Crippen molar-refractivity contribution in [3.05, 3.63) is 36.4 Å². The summed E-state index contributed by atoms with van der Waals surface area (Å²) in [4.78, 5) is 30.2. The predicted octanol–water partition coefficient (Wildman–Crippen LogP) is 3.72.